The molecule has 0 fully saturated rings. The fourth-order valence-electron chi connectivity index (χ4n) is 2.98. The van der Waals surface area contributed by atoms with E-state index >= 15 is 0 Å². The lowest BCUT2D eigenvalue weighted by atomic mass is 10.1. The normalized spacial score (nSPS) is 14.3. The van der Waals surface area contributed by atoms with Gasteiger partial charge in [0.2, 0.25) is 0 Å². The summed E-state index contributed by atoms with van der Waals surface area (Å²) in [6, 6.07) is 21.4. The lowest BCUT2D eigenvalue weighted by molar-refractivity contribution is 0.730. The first kappa shape index (κ1) is 17.6. The minimum Gasteiger partial charge on any atom is -0.330 e. The summed E-state index contributed by atoms with van der Waals surface area (Å²) < 4.78 is 0. The van der Waals surface area contributed by atoms with Gasteiger partial charge in [0.1, 0.15) is 5.84 Å². The van der Waals surface area contributed by atoms with Crippen molar-refractivity contribution in [3.63, 3.8) is 0 Å². The van der Waals surface area contributed by atoms with Gasteiger partial charge in [0.15, 0.2) is 0 Å². The maximum atomic E-state index is 4.85. The van der Waals surface area contributed by atoms with Gasteiger partial charge in [-0.1, -0.05) is 55.0 Å². The van der Waals surface area contributed by atoms with Gasteiger partial charge in [0.05, 0.1) is 0 Å². The van der Waals surface area contributed by atoms with Gasteiger partial charge < -0.3 is 4.90 Å². The number of nitrogens with zero attached hydrogens (tertiary/aromatic N) is 2. The Balaban J connectivity index is 0.00000192. The molecule has 2 nitrogen and oxygen atoms in total. The maximum Gasteiger partial charge on any atom is 0.103 e. The van der Waals surface area contributed by atoms with E-state index < -0.39 is 0 Å². The van der Waals surface area contributed by atoms with Crippen molar-refractivity contribution >= 4 is 23.9 Å². The highest BCUT2D eigenvalue weighted by molar-refractivity contribution is 5.97. The van der Waals surface area contributed by atoms with Crippen LogP contribution in [0.1, 0.15) is 31.2 Å². The van der Waals surface area contributed by atoms with Crippen LogP contribution in [0.15, 0.2) is 65.7 Å². The molecule has 0 bridgehead atoms. The Labute approximate surface area is 145 Å². The number of para-hydroxylation sites is 1. The van der Waals surface area contributed by atoms with Crippen molar-refractivity contribution in [1.29, 1.82) is 0 Å². The van der Waals surface area contributed by atoms with Crippen LogP contribution in [0, 0.1) is 0 Å². The van der Waals surface area contributed by atoms with Crippen LogP contribution < -0.4 is 4.90 Å². The molecule has 122 valence electrons. The number of halogens is 1. The second-order valence-corrected chi connectivity index (χ2v) is 5.83. The third-order valence-electron chi connectivity index (χ3n) is 4.20. The Hall–Kier alpha value is -1.80. The predicted molar refractivity (Wildman–Crippen MR) is 102 cm³/mol. The van der Waals surface area contributed by atoms with Crippen LogP contribution in [0.4, 0.5) is 5.69 Å². The lowest BCUT2D eigenvalue weighted by Crippen LogP contribution is -2.33. The highest BCUT2D eigenvalue weighted by atomic mass is 35.5. The molecule has 0 N–H and O–H groups in total. The molecule has 0 spiro atoms. The van der Waals surface area contributed by atoms with E-state index in [1.54, 1.807) is 0 Å². The molecule has 0 radical (unpaired) electrons. The summed E-state index contributed by atoms with van der Waals surface area (Å²) in [4.78, 5) is 7.27. The average Bonchev–Trinajstić information content (AvgIpc) is 2.86. The first-order valence-corrected chi connectivity index (χ1v) is 8.33. The SMILES string of the molecule is Cl.c1ccc(CCN(C2=NCCCCC2)c2ccccc2)cc1. The second-order valence-electron chi connectivity index (χ2n) is 5.83. The van der Waals surface area contributed by atoms with Crippen molar-refractivity contribution in [2.75, 3.05) is 18.0 Å². The third kappa shape index (κ3) is 5.11. The molecule has 23 heavy (non-hydrogen) atoms. The molecule has 0 aliphatic carbocycles. The molecule has 0 unspecified atom stereocenters. The third-order valence-corrected chi connectivity index (χ3v) is 4.20. The van der Waals surface area contributed by atoms with E-state index in [4.69, 9.17) is 4.99 Å². The molecule has 3 rings (SSSR count). The van der Waals surface area contributed by atoms with Gasteiger partial charge in [-0.2, -0.15) is 0 Å². The number of rotatable bonds is 4. The molecule has 2 aromatic carbocycles. The summed E-state index contributed by atoms with van der Waals surface area (Å²) in [6.45, 7) is 1.97. The molecule has 0 saturated carbocycles. The number of benzene rings is 2. The van der Waals surface area contributed by atoms with Crippen LogP contribution in [0.25, 0.3) is 0 Å². The summed E-state index contributed by atoms with van der Waals surface area (Å²) >= 11 is 0. The predicted octanol–water partition coefficient (Wildman–Crippen LogP) is 5.13. The zero-order valence-corrected chi connectivity index (χ0v) is 14.3. The molecule has 1 heterocycles. The zero-order chi connectivity index (χ0) is 15.0. The van der Waals surface area contributed by atoms with E-state index in [2.05, 4.69) is 65.6 Å². The van der Waals surface area contributed by atoms with Crippen LogP contribution in [-0.2, 0) is 6.42 Å². The van der Waals surface area contributed by atoms with Crippen molar-refractivity contribution in [3.8, 4) is 0 Å². The van der Waals surface area contributed by atoms with Crippen LogP contribution in [0.3, 0.4) is 0 Å². The molecule has 0 amide bonds. The molecule has 1 aliphatic heterocycles. The van der Waals surface area contributed by atoms with Gasteiger partial charge in [-0.05, 0) is 37.0 Å². The minimum atomic E-state index is 0. The zero-order valence-electron chi connectivity index (χ0n) is 13.5. The first-order valence-electron chi connectivity index (χ1n) is 8.33. The molecule has 3 heteroatoms. The molecule has 0 saturated heterocycles. The van der Waals surface area contributed by atoms with Gasteiger partial charge in [-0.3, -0.25) is 4.99 Å². The van der Waals surface area contributed by atoms with E-state index in [1.165, 1.54) is 36.3 Å². The van der Waals surface area contributed by atoms with Gasteiger partial charge in [0, 0.05) is 25.2 Å². The summed E-state index contributed by atoms with van der Waals surface area (Å²) in [5.74, 6) is 1.26. The van der Waals surface area contributed by atoms with E-state index in [1.807, 2.05) is 0 Å². The van der Waals surface area contributed by atoms with E-state index in [9.17, 15) is 0 Å². The minimum absolute atomic E-state index is 0. The van der Waals surface area contributed by atoms with Crippen molar-refractivity contribution in [2.45, 2.75) is 32.1 Å². The Kier molecular flexibility index (Phi) is 7.15. The number of amidine groups is 1. The lowest BCUT2D eigenvalue weighted by Gasteiger charge is -2.26. The average molecular weight is 329 g/mol. The van der Waals surface area contributed by atoms with E-state index in [0.29, 0.717) is 0 Å². The van der Waals surface area contributed by atoms with Crippen molar-refractivity contribution in [2.24, 2.45) is 4.99 Å². The summed E-state index contributed by atoms with van der Waals surface area (Å²) in [5, 5.41) is 0. The highest BCUT2D eigenvalue weighted by Crippen LogP contribution is 2.19. The highest BCUT2D eigenvalue weighted by Gasteiger charge is 2.15. The second kappa shape index (κ2) is 9.36. The quantitative estimate of drug-likeness (QED) is 0.759. The standard InChI is InChI=1S/C20H24N2.ClH/c1-4-10-18(11-5-1)15-17-22(19-12-6-2-7-13-19)20-14-8-3-9-16-21-20;/h1-2,4-7,10-13H,3,8-9,14-17H2;1H. The van der Waals surface area contributed by atoms with Crippen molar-refractivity contribution in [1.82, 2.24) is 0 Å². The number of hydrogen-bond donors (Lipinski definition) is 0. The molecule has 0 atom stereocenters. The van der Waals surface area contributed by atoms with Crippen molar-refractivity contribution < 1.29 is 0 Å². The Bertz CT molecular complexity index is 596. The topological polar surface area (TPSA) is 15.6 Å². The van der Waals surface area contributed by atoms with Gasteiger partial charge in [-0.25, -0.2) is 0 Å². The summed E-state index contributed by atoms with van der Waals surface area (Å²) in [5.41, 5.74) is 2.65. The Morgan fingerprint density at radius 3 is 2.26 bits per heavy atom. The first-order chi connectivity index (χ1) is 10.9. The van der Waals surface area contributed by atoms with Crippen LogP contribution in [-0.4, -0.2) is 18.9 Å². The number of aliphatic imine (C=N–C) groups is 1. The Morgan fingerprint density at radius 1 is 0.826 bits per heavy atom. The molecular weight excluding hydrogens is 304 g/mol. The molecule has 1 aliphatic rings. The summed E-state index contributed by atoms with van der Waals surface area (Å²) in [7, 11) is 0. The largest absolute Gasteiger partial charge is 0.330 e. The molecular formula is C20H25ClN2. The fraction of sp³-hybridized carbons (Fsp3) is 0.350. The monoisotopic (exact) mass is 328 g/mol. The molecule has 2 aromatic rings. The van der Waals surface area contributed by atoms with Crippen LogP contribution in [0.5, 0.6) is 0 Å². The summed E-state index contributed by atoms with van der Waals surface area (Å²) in [6.07, 6.45) is 5.94. The van der Waals surface area contributed by atoms with Gasteiger partial charge in [-0.15, -0.1) is 12.4 Å². The Morgan fingerprint density at radius 2 is 1.52 bits per heavy atom. The smallest absolute Gasteiger partial charge is 0.103 e. The van der Waals surface area contributed by atoms with Crippen molar-refractivity contribution in [3.05, 3.63) is 66.2 Å². The maximum absolute atomic E-state index is 4.85. The molecule has 0 aromatic heterocycles. The van der Waals surface area contributed by atoms with Crippen LogP contribution >= 0.6 is 12.4 Å². The van der Waals surface area contributed by atoms with E-state index in [0.717, 1.165) is 25.9 Å². The number of anilines is 1. The van der Waals surface area contributed by atoms with Crippen LogP contribution in [0.2, 0.25) is 0 Å². The van der Waals surface area contributed by atoms with Gasteiger partial charge in [0.25, 0.3) is 0 Å². The number of hydrogen-bond acceptors (Lipinski definition) is 2. The van der Waals surface area contributed by atoms with E-state index in [-0.39, 0.29) is 12.4 Å². The van der Waals surface area contributed by atoms with Gasteiger partial charge >= 0.3 is 0 Å². The fourth-order valence-corrected chi connectivity index (χ4v) is 2.98.